The molecule has 3 rings (SSSR count). The summed E-state index contributed by atoms with van der Waals surface area (Å²) in [6.07, 6.45) is 4.72. The van der Waals surface area contributed by atoms with Gasteiger partial charge in [0.2, 0.25) is 0 Å². The van der Waals surface area contributed by atoms with Gasteiger partial charge in [0.25, 0.3) is 5.91 Å². The summed E-state index contributed by atoms with van der Waals surface area (Å²) in [5.74, 6) is 0.607. The molecule has 2 aliphatic rings. The van der Waals surface area contributed by atoms with Crippen LogP contribution in [0.2, 0.25) is 5.15 Å². The van der Waals surface area contributed by atoms with E-state index in [9.17, 15) is 9.59 Å². The highest BCUT2D eigenvalue weighted by molar-refractivity contribution is 6.29. The molecule has 1 aliphatic carbocycles. The first-order valence-electron chi connectivity index (χ1n) is 8.07. The lowest BCUT2D eigenvalue weighted by Gasteiger charge is -2.22. The Balaban J connectivity index is 1.53. The molecule has 0 bridgehead atoms. The first-order chi connectivity index (χ1) is 11.1. The number of carbonyl (C=O) groups excluding carboxylic acids is 2. The van der Waals surface area contributed by atoms with Gasteiger partial charge in [0.15, 0.2) is 0 Å². The smallest absolute Gasteiger partial charge is 0.317 e. The van der Waals surface area contributed by atoms with Crippen LogP contribution < -0.4 is 5.32 Å². The molecule has 1 saturated heterocycles. The van der Waals surface area contributed by atoms with Gasteiger partial charge in [-0.25, -0.2) is 9.78 Å². The molecule has 6 nitrogen and oxygen atoms in total. The summed E-state index contributed by atoms with van der Waals surface area (Å²) in [6.45, 7) is 3.20. The van der Waals surface area contributed by atoms with Crippen LogP contribution in [0.25, 0.3) is 0 Å². The number of rotatable bonds is 3. The van der Waals surface area contributed by atoms with Crippen molar-refractivity contribution in [3.8, 4) is 0 Å². The van der Waals surface area contributed by atoms with Gasteiger partial charge >= 0.3 is 6.03 Å². The molecule has 23 heavy (non-hydrogen) atoms. The zero-order valence-corrected chi connectivity index (χ0v) is 13.8. The molecule has 7 heteroatoms. The molecule has 1 saturated carbocycles. The monoisotopic (exact) mass is 336 g/mol. The highest BCUT2D eigenvalue weighted by Crippen LogP contribution is 2.27. The summed E-state index contributed by atoms with van der Waals surface area (Å²) in [6, 6.07) is 3.28. The molecule has 0 spiro atoms. The lowest BCUT2D eigenvalue weighted by atomic mass is 10.2. The SMILES string of the molecule is O=C(NCC1CC1)N1CCCN(C(=O)c2ccc(Cl)nc2)CC1. The average Bonchev–Trinajstić information content (AvgIpc) is 3.39. The lowest BCUT2D eigenvalue weighted by Crippen LogP contribution is -2.43. The third-order valence-electron chi connectivity index (χ3n) is 4.28. The molecule has 124 valence electrons. The number of urea groups is 1. The lowest BCUT2D eigenvalue weighted by molar-refractivity contribution is 0.0762. The van der Waals surface area contributed by atoms with Gasteiger partial charge in [0, 0.05) is 38.9 Å². The van der Waals surface area contributed by atoms with Crippen LogP contribution >= 0.6 is 11.6 Å². The Morgan fingerprint density at radius 2 is 1.91 bits per heavy atom. The number of amides is 3. The van der Waals surface area contributed by atoms with Gasteiger partial charge < -0.3 is 15.1 Å². The van der Waals surface area contributed by atoms with Gasteiger partial charge in [0.1, 0.15) is 5.15 Å². The Labute approximate surface area is 140 Å². The molecule has 2 fully saturated rings. The van der Waals surface area contributed by atoms with Gasteiger partial charge in [-0.2, -0.15) is 0 Å². The van der Waals surface area contributed by atoms with Gasteiger partial charge in [-0.15, -0.1) is 0 Å². The van der Waals surface area contributed by atoms with Crippen LogP contribution in [0.3, 0.4) is 0 Å². The Bertz CT molecular complexity index is 574. The molecule has 0 unspecified atom stereocenters. The van der Waals surface area contributed by atoms with Crippen molar-refractivity contribution in [1.82, 2.24) is 20.1 Å². The van der Waals surface area contributed by atoms with E-state index < -0.39 is 0 Å². The predicted octanol–water partition coefficient (Wildman–Crippen LogP) is 2.00. The van der Waals surface area contributed by atoms with Crippen molar-refractivity contribution in [3.63, 3.8) is 0 Å². The number of hydrogen-bond donors (Lipinski definition) is 1. The molecule has 3 amide bonds. The van der Waals surface area contributed by atoms with Crippen LogP contribution in [-0.4, -0.2) is 59.4 Å². The van der Waals surface area contributed by atoms with Crippen molar-refractivity contribution in [3.05, 3.63) is 29.0 Å². The van der Waals surface area contributed by atoms with E-state index in [1.165, 1.54) is 19.0 Å². The number of pyridine rings is 1. The zero-order valence-electron chi connectivity index (χ0n) is 13.0. The molecule has 1 aliphatic heterocycles. The maximum atomic E-state index is 12.5. The fourth-order valence-electron chi connectivity index (χ4n) is 2.67. The second-order valence-electron chi connectivity index (χ2n) is 6.13. The van der Waals surface area contributed by atoms with E-state index in [2.05, 4.69) is 10.3 Å². The third-order valence-corrected chi connectivity index (χ3v) is 4.51. The Morgan fingerprint density at radius 3 is 2.61 bits per heavy atom. The van der Waals surface area contributed by atoms with Gasteiger partial charge in [-0.3, -0.25) is 4.79 Å². The van der Waals surface area contributed by atoms with E-state index in [1.54, 1.807) is 21.9 Å². The second kappa shape index (κ2) is 7.17. The molecular formula is C16H21ClN4O2. The quantitative estimate of drug-likeness (QED) is 0.859. The highest BCUT2D eigenvalue weighted by Gasteiger charge is 2.25. The summed E-state index contributed by atoms with van der Waals surface area (Å²) in [4.78, 5) is 32.2. The standard InChI is InChI=1S/C16H21ClN4O2/c17-14-5-4-13(11-18-14)15(22)20-6-1-7-21(9-8-20)16(23)19-10-12-2-3-12/h4-5,11-12H,1-3,6-10H2,(H,19,23). The van der Waals surface area contributed by atoms with Gasteiger partial charge in [-0.05, 0) is 37.3 Å². The summed E-state index contributed by atoms with van der Waals surface area (Å²) in [5.41, 5.74) is 0.529. The topological polar surface area (TPSA) is 65.5 Å². The minimum absolute atomic E-state index is 0.0145. The van der Waals surface area contributed by atoms with Crippen molar-refractivity contribution in [2.75, 3.05) is 32.7 Å². The highest BCUT2D eigenvalue weighted by atomic mass is 35.5. The number of halogens is 1. The minimum Gasteiger partial charge on any atom is -0.338 e. The van der Waals surface area contributed by atoms with Crippen LogP contribution in [0.4, 0.5) is 4.79 Å². The normalized spacial score (nSPS) is 18.5. The Hall–Kier alpha value is -1.82. The molecular weight excluding hydrogens is 316 g/mol. The van der Waals surface area contributed by atoms with Gasteiger partial charge in [-0.1, -0.05) is 11.6 Å². The summed E-state index contributed by atoms with van der Waals surface area (Å²) in [5, 5.41) is 3.35. The molecule has 1 N–H and O–H groups in total. The third kappa shape index (κ3) is 4.34. The van der Waals surface area contributed by atoms with Crippen LogP contribution in [-0.2, 0) is 0 Å². The molecule has 2 heterocycles. The fraction of sp³-hybridized carbons (Fsp3) is 0.562. The summed E-state index contributed by atoms with van der Waals surface area (Å²) in [7, 11) is 0. The first kappa shape index (κ1) is 16.1. The molecule has 0 atom stereocenters. The first-order valence-corrected chi connectivity index (χ1v) is 8.45. The van der Waals surface area contributed by atoms with E-state index in [0.717, 1.165) is 13.0 Å². The largest absolute Gasteiger partial charge is 0.338 e. The molecule has 0 radical (unpaired) electrons. The number of nitrogens with zero attached hydrogens (tertiary/aromatic N) is 3. The molecule has 1 aromatic rings. The molecule has 0 aromatic carbocycles. The van der Waals surface area contributed by atoms with Crippen LogP contribution in [0.5, 0.6) is 0 Å². The fourth-order valence-corrected chi connectivity index (χ4v) is 2.79. The van der Waals surface area contributed by atoms with Gasteiger partial charge in [0.05, 0.1) is 5.56 Å². The predicted molar refractivity (Wildman–Crippen MR) is 87.5 cm³/mol. The van der Waals surface area contributed by atoms with E-state index in [4.69, 9.17) is 11.6 Å². The average molecular weight is 337 g/mol. The number of nitrogens with one attached hydrogen (secondary N) is 1. The van der Waals surface area contributed by atoms with Crippen molar-refractivity contribution in [2.45, 2.75) is 19.3 Å². The van der Waals surface area contributed by atoms with Crippen molar-refractivity contribution in [1.29, 1.82) is 0 Å². The van der Waals surface area contributed by atoms with Crippen molar-refractivity contribution < 1.29 is 9.59 Å². The number of carbonyl (C=O) groups is 2. The maximum absolute atomic E-state index is 12.5. The second-order valence-corrected chi connectivity index (χ2v) is 6.52. The van der Waals surface area contributed by atoms with E-state index in [-0.39, 0.29) is 11.9 Å². The van der Waals surface area contributed by atoms with Crippen LogP contribution in [0.15, 0.2) is 18.3 Å². The Kier molecular flexibility index (Phi) is 5.00. The van der Waals surface area contributed by atoms with Crippen molar-refractivity contribution in [2.24, 2.45) is 5.92 Å². The van der Waals surface area contributed by atoms with E-state index in [1.807, 2.05) is 0 Å². The summed E-state index contributed by atoms with van der Waals surface area (Å²) < 4.78 is 0. The minimum atomic E-state index is -0.0607. The number of hydrogen-bond acceptors (Lipinski definition) is 3. The Morgan fingerprint density at radius 1 is 1.17 bits per heavy atom. The van der Waals surface area contributed by atoms with E-state index in [0.29, 0.717) is 42.8 Å². The van der Waals surface area contributed by atoms with Crippen LogP contribution in [0.1, 0.15) is 29.6 Å². The molecule has 1 aromatic heterocycles. The van der Waals surface area contributed by atoms with E-state index >= 15 is 0 Å². The number of aromatic nitrogens is 1. The summed E-state index contributed by atoms with van der Waals surface area (Å²) >= 11 is 5.75. The maximum Gasteiger partial charge on any atom is 0.317 e. The van der Waals surface area contributed by atoms with Crippen molar-refractivity contribution >= 4 is 23.5 Å². The zero-order chi connectivity index (χ0) is 16.2. The van der Waals surface area contributed by atoms with Crippen LogP contribution in [0, 0.1) is 5.92 Å².